The van der Waals surface area contributed by atoms with Crippen LogP contribution in [0.3, 0.4) is 0 Å². The summed E-state index contributed by atoms with van der Waals surface area (Å²) in [5.74, 6) is 0.00920. The van der Waals surface area contributed by atoms with E-state index in [0.717, 1.165) is 18.9 Å². The van der Waals surface area contributed by atoms with Crippen LogP contribution in [-0.4, -0.2) is 25.8 Å². The van der Waals surface area contributed by atoms with Gasteiger partial charge in [0.1, 0.15) is 0 Å². The molecule has 1 aliphatic rings. The van der Waals surface area contributed by atoms with Crippen molar-refractivity contribution < 1.29 is 18.1 Å². The van der Waals surface area contributed by atoms with Gasteiger partial charge in [0.05, 0.1) is 15.5 Å². The van der Waals surface area contributed by atoms with E-state index in [1.165, 1.54) is 18.2 Å². The number of amides is 1. The van der Waals surface area contributed by atoms with Gasteiger partial charge in [-0.25, -0.2) is 8.42 Å². The van der Waals surface area contributed by atoms with Crippen LogP contribution in [0.5, 0.6) is 0 Å². The van der Waals surface area contributed by atoms with Crippen molar-refractivity contribution in [2.75, 3.05) is 16.2 Å². The van der Waals surface area contributed by atoms with Crippen LogP contribution in [0.4, 0.5) is 17.1 Å². The van der Waals surface area contributed by atoms with Crippen molar-refractivity contribution in [2.45, 2.75) is 24.2 Å². The number of anilines is 2. The molecular formula is C17H17N3O5S. The topological polar surface area (TPSA) is 110 Å². The largest absolute Gasteiger partial charge is 0.312 e. The van der Waals surface area contributed by atoms with Gasteiger partial charge in [0.15, 0.2) is 0 Å². The van der Waals surface area contributed by atoms with Gasteiger partial charge in [-0.15, -0.1) is 0 Å². The number of rotatable bonds is 5. The summed E-state index contributed by atoms with van der Waals surface area (Å²) < 4.78 is 27.4. The van der Waals surface area contributed by atoms with Crippen molar-refractivity contribution in [3.63, 3.8) is 0 Å². The third kappa shape index (κ3) is 3.83. The van der Waals surface area contributed by atoms with Crippen LogP contribution in [0.1, 0.15) is 19.3 Å². The minimum absolute atomic E-state index is 0.00920. The average Bonchev–Trinajstić information content (AvgIpc) is 2.62. The second kappa shape index (κ2) is 7.12. The SMILES string of the molecule is O=C1CCCCN1c1cccc(NS(=O)(=O)c2cccc([N+](=O)[O-])c2)c1. The quantitative estimate of drug-likeness (QED) is 0.638. The highest BCUT2D eigenvalue weighted by molar-refractivity contribution is 7.92. The number of hydrogen-bond acceptors (Lipinski definition) is 5. The maximum atomic E-state index is 12.5. The highest BCUT2D eigenvalue weighted by Gasteiger charge is 2.21. The van der Waals surface area contributed by atoms with Gasteiger partial charge in [-0.3, -0.25) is 19.6 Å². The Morgan fingerprint density at radius 3 is 2.58 bits per heavy atom. The summed E-state index contributed by atoms with van der Waals surface area (Å²) in [6.45, 7) is 0.597. The van der Waals surface area contributed by atoms with Crippen molar-refractivity contribution >= 4 is 33.0 Å². The molecule has 2 aromatic rings. The average molecular weight is 375 g/mol. The van der Waals surface area contributed by atoms with Crippen LogP contribution < -0.4 is 9.62 Å². The molecule has 1 aliphatic heterocycles. The molecule has 2 aromatic carbocycles. The van der Waals surface area contributed by atoms with Crippen LogP contribution in [0, 0.1) is 10.1 Å². The Kier molecular flexibility index (Phi) is 4.90. The number of carbonyl (C=O) groups excluding carboxylic acids is 1. The molecule has 26 heavy (non-hydrogen) atoms. The number of nitro groups is 1. The van der Waals surface area contributed by atoms with Crippen LogP contribution >= 0.6 is 0 Å². The second-order valence-corrected chi connectivity index (χ2v) is 7.60. The lowest BCUT2D eigenvalue weighted by Gasteiger charge is -2.27. The van der Waals surface area contributed by atoms with Crippen molar-refractivity contribution in [1.82, 2.24) is 0 Å². The maximum Gasteiger partial charge on any atom is 0.270 e. The fraction of sp³-hybridized carbons (Fsp3) is 0.235. The first-order valence-electron chi connectivity index (χ1n) is 8.04. The van der Waals surface area contributed by atoms with Crippen molar-refractivity contribution in [3.05, 3.63) is 58.6 Å². The smallest absolute Gasteiger partial charge is 0.270 e. The molecule has 8 nitrogen and oxygen atoms in total. The summed E-state index contributed by atoms with van der Waals surface area (Å²) in [6, 6.07) is 11.4. The lowest BCUT2D eigenvalue weighted by molar-refractivity contribution is -0.385. The molecule has 0 saturated carbocycles. The highest BCUT2D eigenvalue weighted by atomic mass is 32.2. The van der Waals surface area contributed by atoms with E-state index in [1.807, 2.05) is 0 Å². The normalized spacial score (nSPS) is 14.9. The summed E-state index contributed by atoms with van der Waals surface area (Å²) in [4.78, 5) is 23.7. The summed E-state index contributed by atoms with van der Waals surface area (Å²) >= 11 is 0. The summed E-state index contributed by atoms with van der Waals surface area (Å²) in [5, 5.41) is 10.8. The molecular weight excluding hydrogens is 358 g/mol. The molecule has 9 heteroatoms. The molecule has 0 atom stereocenters. The number of nitro benzene ring substituents is 1. The zero-order chi connectivity index (χ0) is 18.7. The first kappa shape index (κ1) is 17.9. The first-order chi connectivity index (χ1) is 12.4. The Balaban J connectivity index is 1.86. The van der Waals surface area contributed by atoms with E-state index < -0.39 is 14.9 Å². The molecule has 1 amide bonds. The van der Waals surface area contributed by atoms with Gasteiger partial charge in [0.25, 0.3) is 15.7 Å². The number of piperidine rings is 1. The van der Waals surface area contributed by atoms with Gasteiger partial charge >= 0.3 is 0 Å². The number of sulfonamides is 1. The predicted molar refractivity (Wildman–Crippen MR) is 96.6 cm³/mol. The van der Waals surface area contributed by atoms with Gasteiger partial charge in [0, 0.05) is 30.8 Å². The summed E-state index contributed by atoms with van der Waals surface area (Å²) in [6.07, 6.45) is 2.23. The molecule has 0 unspecified atom stereocenters. The van der Waals surface area contributed by atoms with Gasteiger partial charge in [-0.2, -0.15) is 0 Å². The van der Waals surface area contributed by atoms with E-state index in [2.05, 4.69) is 4.72 Å². The molecule has 136 valence electrons. The van der Waals surface area contributed by atoms with E-state index in [1.54, 1.807) is 29.2 Å². The molecule has 1 fully saturated rings. The zero-order valence-corrected chi connectivity index (χ0v) is 14.6. The summed E-state index contributed by atoms with van der Waals surface area (Å²) in [7, 11) is -3.99. The lowest BCUT2D eigenvalue weighted by atomic mass is 10.1. The Morgan fingerprint density at radius 2 is 1.85 bits per heavy atom. The zero-order valence-electron chi connectivity index (χ0n) is 13.8. The number of benzene rings is 2. The first-order valence-corrected chi connectivity index (χ1v) is 9.53. The molecule has 1 saturated heterocycles. The van der Waals surface area contributed by atoms with E-state index in [4.69, 9.17) is 0 Å². The van der Waals surface area contributed by atoms with E-state index in [-0.39, 0.29) is 22.2 Å². The molecule has 0 radical (unpaired) electrons. The number of carbonyl (C=O) groups is 1. The molecule has 0 aliphatic carbocycles. The monoisotopic (exact) mass is 375 g/mol. The molecule has 1 N–H and O–H groups in total. The Bertz CT molecular complexity index is 958. The van der Waals surface area contributed by atoms with Gasteiger partial charge in [-0.05, 0) is 37.1 Å². The van der Waals surface area contributed by atoms with Gasteiger partial charge < -0.3 is 4.90 Å². The minimum atomic E-state index is -3.99. The van der Waals surface area contributed by atoms with Crippen LogP contribution in [0.15, 0.2) is 53.4 Å². The Hall–Kier alpha value is -2.94. The molecule has 0 spiro atoms. The Morgan fingerprint density at radius 1 is 1.08 bits per heavy atom. The van der Waals surface area contributed by atoms with Gasteiger partial charge in [-0.1, -0.05) is 12.1 Å². The highest BCUT2D eigenvalue weighted by Crippen LogP contribution is 2.26. The number of nitrogens with one attached hydrogen (secondary N) is 1. The van der Waals surface area contributed by atoms with Gasteiger partial charge in [0.2, 0.25) is 5.91 Å². The van der Waals surface area contributed by atoms with E-state index in [0.29, 0.717) is 18.7 Å². The lowest BCUT2D eigenvalue weighted by Crippen LogP contribution is -2.35. The van der Waals surface area contributed by atoms with Crippen LogP contribution in [-0.2, 0) is 14.8 Å². The summed E-state index contributed by atoms with van der Waals surface area (Å²) in [5.41, 5.74) is 0.599. The molecule has 1 heterocycles. The second-order valence-electron chi connectivity index (χ2n) is 5.91. The standard InChI is InChI=1S/C17H17N3O5S/c21-17-9-1-2-10-19(17)14-6-3-5-13(11-14)18-26(24,25)16-8-4-7-15(12-16)20(22)23/h3-8,11-12,18H,1-2,9-10H2. The molecule has 0 bridgehead atoms. The number of hydrogen-bond donors (Lipinski definition) is 1. The number of nitrogens with zero attached hydrogens (tertiary/aromatic N) is 2. The van der Waals surface area contributed by atoms with Crippen LogP contribution in [0.2, 0.25) is 0 Å². The molecule has 0 aromatic heterocycles. The van der Waals surface area contributed by atoms with Crippen molar-refractivity contribution in [3.8, 4) is 0 Å². The van der Waals surface area contributed by atoms with E-state index in [9.17, 15) is 23.3 Å². The number of non-ortho nitro benzene ring substituents is 1. The third-order valence-electron chi connectivity index (χ3n) is 4.07. The molecule has 3 rings (SSSR count). The minimum Gasteiger partial charge on any atom is -0.312 e. The van der Waals surface area contributed by atoms with E-state index >= 15 is 0 Å². The third-order valence-corrected chi connectivity index (χ3v) is 5.45. The predicted octanol–water partition coefficient (Wildman–Crippen LogP) is 2.91. The maximum absolute atomic E-state index is 12.5. The fourth-order valence-electron chi connectivity index (χ4n) is 2.79. The van der Waals surface area contributed by atoms with Crippen molar-refractivity contribution in [1.29, 1.82) is 0 Å². The fourth-order valence-corrected chi connectivity index (χ4v) is 3.88. The van der Waals surface area contributed by atoms with Crippen LogP contribution in [0.25, 0.3) is 0 Å². The Labute approximate surface area is 150 Å². The van der Waals surface area contributed by atoms with Crippen molar-refractivity contribution in [2.24, 2.45) is 0 Å².